The third-order valence-electron chi connectivity index (χ3n) is 4.56. The lowest BCUT2D eigenvalue weighted by Crippen LogP contribution is -2.25. The number of aryl methyl sites for hydroxylation is 1. The first kappa shape index (κ1) is 20.2. The van der Waals surface area contributed by atoms with Crippen molar-refractivity contribution in [1.29, 1.82) is 0 Å². The number of benzene rings is 1. The molecule has 0 saturated heterocycles. The lowest BCUT2D eigenvalue weighted by Gasteiger charge is -2.09. The Labute approximate surface area is 168 Å². The van der Waals surface area contributed by atoms with Gasteiger partial charge in [0.05, 0.1) is 39.8 Å². The molecule has 0 spiro atoms. The average Bonchev–Trinajstić information content (AvgIpc) is 3.11. The van der Waals surface area contributed by atoms with Gasteiger partial charge >= 0.3 is 0 Å². The van der Waals surface area contributed by atoms with E-state index in [1.807, 2.05) is 32.0 Å². The number of non-ortho nitro benzene ring substituents is 1. The molecule has 2 aromatic heterocycles. The standard InChI is InChI=1S/C21H23N5O3/c1-3-7-18-20(21(27)23-14-15-8-5-6-13-22-15)19(4-2)25(24-18)16-9-11-17(12-10-16)26(28)29/h5-6,8-13H,3-4,7,14H2,1-2H3,(H,23,27). The zero-order valence-electron chi connectivity index (χ0n) is 16.5. The molecule has 8 nitrogen and oxygen atoms in total. The molecule has 0 fully saturated rings. The minimum Gasteiger partial charge on any atom is -0.346 e. The number of pyridine rings is 1. The third-order valence-corrected chi connectivity index (χ3v) is 4.56. The fourth-order valence-electron chi connectivity index (χ4n) is 3.20. The number of hydrogen-bond donors (Lipinski definition) is 1. The molecule has 0 atom stereocenters. The molecular formula is C21H23N5O3. The van der Waals surface area contributed by atoms with Crippen molar-refractivity contribution in [1.82, 2.24) is 20.1 Å². The quantitative estimate of drug-likeness (QED) is 0.465. The third kappa shape index (κ3) is 4.48. The molecular weight excluding hydrogens is 370 g/mol. The van der Waals surface area contributed by atoms with Crippen LogP contribution in [-0.4, -0.2) is 25.6 Å². The van der Waals surface area contributed by atoms with Crippen LogP contribution in [0.4, 0.5) is 5.69 Å². The summed E-state index contributed by atoms with van der Waals surface area (Å²) in [5.41, 5.74) is 3.55. The summed E-state index contributed by atoms with van der Waals surface area (Å²) in [7, 11) is 0. The van der Waals surface area contributed by atoms with E-state index in [0.29, 0.717) is 30.6 Å². The van der Waals surface area contributed by atoms with Gasteiger partial charge in [0.1, 0.15) is 0 Å². The molecule has 150 valence electrons. The molecule has 0 aliphatic heterocycles. The zero-order valence-corrected chi connectivity index (χ0v) is 16.5. The van der Waals surface area contributed by atoms with Crippen LogP contribution in [0.3, 0.4) is 0 Å². The van der Waals surface area contributed by atoms with Crippen molar-refractivity contribution in [3.8, 4) is 5.69 Å². The van der Waals surface area contributed by atoms with Crippen LogP contribution < -0.4 is 5.32 Å². The largest absolute Gasteiger partial charge is 0.346 e. The van der Waals surface area contributed by atoms with E-state index in [2.05, 4.69) is 15.4 Å². The van der Waals surface area contributed by atoms with Gasteiger partial charge in [-0.05, 0) is 37.1 Å². The van der Waals surface area contributed by atoms with Crippen molar-refractivity contribution < 1.29 is 9.72 Å². The van der Waals surface area contributed by atoms with E-state index < -0.39 is 4.92 Å². The molecule has 0 radical (unpaired) electrons. The van der Waals surface area contributed by atoms with Crippen molar-refractivity contribution in [3.63, 3.8) is 0 Å². The first-order chi connectivity index (χ1) is 14.0. The van der Waals surface area contributed by atoms with E-state index in [1.165, 1.54) is 12.1 Å². The van der Waals surface area contributed by atoms with Gasteiger partial charge in [0.25, 0.3) is 11.6 Å². The highest BCUT2D eigenvalue weighted by molar-refractivity contribution is 5.96. The molecule has 0 aliphatic carbocycles. The predicted molar refractivity (Wildman–Crippen MR) is 109 cm³/mol. The summed E-state index contributed by atoms with van der Waals surface area (Å²) in [5.74, 6) is -0.191. The van der Waals surface area contributed by atoms with Gasteiger partial charge in [0.15, 0.2) is 0 Å². The van der Waals surface area contributed by atoms with Crippen molar-refractivity contribution in [2.75, 3.05) is 0 Å². The summed E-state index contributed by atoms with van der Waals surface area (Å²) in [6.45, 7) is 4.33. The fraction of sp³-hybridized carbons (Fsp3) is 0.286. The number of carbonyl (C=O) groups is 1. The van der Waals surface area contributed by atoms with Crippen molar-refractivity contribution in [2.24, 2.45) is 0 Å². The summed E-state index contributed by atoms with van der Waals surface area (Å²) in [4.78, 5) is 27.7. The number of nitrogens with one attached hydrogen (secondary N) is 1. The second-order valence-electron chi connectivity index (χ2n) is 6.56. The Morgan fingerprint density at radius 3 is 2.52 bits per heavy atom. The summed E-state index contributed by atoms with van der Waals surface area (Å²) < 4.78 is 1.71. The van der Waals surface area contributed by atoms with Gasteiger partial charge in [0.2, 0.25) is 0 Å². The van der Waals surface area contributed by atoms with Gasteiger partial charge in [0, 0.05) is 18.3 Å². The van der Waals surface area contributed by atoms with Crippen molar-refractivity contribution in [3.05, 3.63) is 81.4 Å². The Hall–Kier alpha value is -3.55. The number of rotatable bonds is 8. The molecule has 29 heavy (non-hydrogen) atoms. The molecule has 0 unspecified atom stereocenters. The normalized spacial score (nSPS) is 10.7. The average molecular weight is 393 g/mol. The van der Waals surface area contributed by atoms with E-state index >= 15 is 0 Å². The zero-order chi connectivity index (χ0) is 20.8. The van der Waals surface area contributed by atoms with E-state index in [4.69, 9.17) is 0 Å². The van der Waals surface area contributed by atoms with Crippen molar-refractivity contribution >= 4 is 11.6 Å². The molecule has 1 amide bonds. The number of nitrogens with zero attached hydrogens (tertiary/aromatic N) is 4. The van der Waals surface area contributed by atoms with Gasteiger partial charge in [-0.1, -0.05) is 26.3 Å². The van der Waals surface area contributed by atoms with Gasteiger partial charge < -0.3 is 5.32 Å². The molecule has 0 bridgehead atoms. The monoisotopic (exact) mass is 393 g/mol. The van der Waals surface area contributed by atoms with Gasteiger partial charge in [-0.3, -0.25) is 19.9 Å². The molecule has 8 heteroatoms. The van der Waals surface area contributed by atoms with Crippen LogP contribution in [0.2, 0.25) is 0 Å². The number of nitro groups is 1. The maximum absolute atomic E-state index is 13.0. The lowest BCUT2D eigenvalue weighted by atomic mass is 10.1. The smallest absolute Gasteiger partial charge is 0.269 e. The summed E-state index contributed by atoms with van der Waals surface area (Å²) in [6.07, 6.45) is 3.80. The molecule has 3 rings (SSSR count). The number of hydrogen-bond acceptors (Lipinski definition) is 5. The van der Waals surface area contributed by atoms with Crippen LogP contribution in [0, 0.1) is 10.1 Å². The van der Waals surface area contributed by atoms with E-state index in [9.17, 15) is 14.9 Å². The highest BCUT2D eigenvalue weighted by Crippen LogP contribution is 2.23. The highest BCUT2D eigenvalue weighted by atomic mass is 16.6. The molecule has 2 heterocycles. The molecule has 0 aliphatic rings. The molecule has 0 saturated carbocycles. The molecule has 1 N–H and O–H groups in total. The van der Waals surface area contributed by atoms with Crippen molar-refractivity contribution in [2.45, 2.75) is 39.7 Å². The van der Waals surface area contributed by atoms with Crippen LogP contribution in [0.15, 0.2) is 48.7 Å². The first-order valence-electron chi connectivity index (χ1n) is 9.58. The van der Waals surface area contributed by atoms with Crippen LogP contribution in [0.25, 0.3) is 5.69 Å². The van der Waals surface area contributed by atoms with Gasteiger partial charge in [-0.25, -0.2) is 4.68 Å². The van der Waals surface area contributed by atoms with Crippen LogP contribution >= 0.6 is 0 Å². The number of nitro benzene ring substituents is 1. The number of amides is 1. The summed E-state index contributed by atoms with van der Waals surface area (Å²) in [6, 6.07) is 11.7. The van der Waals surface area contributed by atoms with Crippen LogP contribution in [0.5, 0.6) is 0 Å². The van der Waals surface area contributed by atoms with E-state index in [-0.39, 0.29) is 11.6 Å². The van der Waals surface area contributed by atoms with Crippen LogP contribution in [0.1, 0.15) is 47.7 Å². The first-order valence-corrected chi connectivity index (χ1v) is 9.58. The Morgan fingerprint density at radius 1 is 1.17 bits per heavy atom. The maximum Gasteiger partial charge on any atom is 0.269 e. The van der Waals surface area contributed by atoms with E-state index in [1.54, 1.807) is 23.0 Å². The molecule has 3 aromatic rings. The number of aromatic nitrogens is 3. The Balaban J connectivity index is 1.95. The summed E-state index contributed by atoms with van der Waals surface area (Å²) >= 11 is 0. The highest BCUT2D eigenvalue weighted by Gasteiger charge is 2.23. The second kappa shape index (κ2) is 9.09. The Kier molecular flexibility index (Phi) is 6.33. The van der Waals surface area contributed by atoms with Gasteiger partial charge in [-0.2, -0.15) is 5.10 Å². The Morgan fingerprint density at radius 2 is 1.93 bits per heavy atom. The molecule has 1 aromatic carbocycles. The minimum atomic E-state index is -0.438. The summed E-state index contributed by atoms with van der Waals surface area (Å²) in [5, 5.41) is 18.5. The minimum absolute atomic E-state index is 0.0149. The lowest BCUT2D eigenvalue weighted by molar-refractivity contribution is -0.384. The predicted octanol–water partition coefficient (Wildman–Crippen LogP) is 3.62. The number of carbonyl (C=O) groups excluding carboxylic acids is 1. The van der Waals surface area contributed by atoms with E-state index in [0.717, 1.165) is 23.5 Å². The second-order valence-corrected chi connectivity index (χ2v) is 6.56. The Bertz CT molecular complexity index is 997. The SMILES string of the molecule is CCCc1nn(-c2ccc([N+](=O)[O-])cc2)c(CC)c1C(=O)NCc1ccccn1. The van der Waals surface area contributed by atoms with Gasteiger partial charge in [-0.15, -0.1) is 0 Å². The van der Waals surface area contributed by atoms with Crippen LogP contribution in [-0.2, 0) is 19.4 Å². The fourth-order valence-corrected chi connectivity index (χ4v) is 3.20. The maximum atomic E-state index is 13.0. The topological polar surface area (TPSA) is 103 Å².